The molecule has 0 aromatic heterocycles. The van der Waals surface area contributed by atoms with Crippen molar-refractivity contribution in [3.8, 4) is 0 Å². The summed E-state index contributed by atoms with van der Waals surface area (Å²) in [6, 6.07) is -1.45. The predicted octanol–water partition coefficient (Wildman–Crippen LogP) is 1.92. The van der Waals surface area contributed by atoms with Crippen LogP contribution in [0.25, 0.3) is 0 Å². The number of hydrogen-bond donors (Lipinski definition) is 1. The van der Waals surface area contributed by atoms with Gasteiger partial charge in [0, 0.05) is 13.1 Å². The lowest BCUT2D eigenvalue weighted by Gasteiger charge is -2.40. The quantitative estimate of drug-likeness (QED) is 0.352. The van der Waals surface area contributed by atoms with Crippen LogP contribution in [-0.4, -0.2) is 82.8 Å². The molecule has 2 unspecified atom stereocenters. The van der Waals surface area contributed by atoms with Gasteiger partial charge in [0.25, 0.3) is 0 Å². The Hall–Kier alpha value is -2.19. The van der Waals surface area contributed by atoms with Crippen LogP contribution in [0.3, 0.4) is 0 Å². The van der Waals surface area contributed by atoms with Gasteiger partial charge < -0.3 is 24.4 Å². The third-order valence-electron chi connectivity index (χ3n) is 7.34. The van der Waals surface area contributed by atoms with Gasteiger partial charge in [0.2, 0.25) is 11.8 Å². The number of carbonyl (C=O) groups excluding carboxylic acids is 3. The summed E-state index contributed by atoms with van der Waals surface area (Å²) < 4.78 is 11.7. The van der Waals surface area contributed by atoms with Gasteiger partial charge in [-0.2, -0.15) is 0 Å². The molecule has 8 nitrogen and oxygen atoms in total. The molecule has 184 valence electrons. The maximum Gasteiger partial charge on any atom is 0.312 e. The Morgan fingerprint density at radius 1 is 1.36 bits per heavy atom. The Balaban J connectivity index is 2.06. The summed E-state index contributed by atoms with van der Waals surface area (Å²) in [6.07, 6.45) is 5.54. The average Bonchev–Trinajstić information content (AvgIpc) is 3.43. The fraction of sp³-hybridized carbons (Fsp3) is 0.720. The lowest BCUT2D eigenvalue weighted by atomic mass is 9.70. The van der Waals surface area contributed by atoms with Gasteiger partial charge in [-0.05, 0) is 25.2 Å². The van der Waals surface area contributed by atoms with Crippen LogP contribution < -0.4 is 0 Å². The Morgan fingerprint density at radius 3 is 2.67 bits per heavy atom. The second-order valence-electron chi connectivity index (χ2n) is 9.64. The maximum atomic E-state index is 14.0. The van der Waals surface area contributed by atoms with Crippen LogP contribution in [0.15, 0.2) is 25.3 Å². The molecule has 3 aliphatic rings. The maximum absolute atomic E-state index is 14.0. The van der Waals surface area contributed by atoms with Crippen molar-refractivity contribution in [1.29, 1.82) is 0 Å². The van der Waals surface area contributed by atoms with Crippen LogP contribution in [0, 0.1) is 17.8 Å². The molecule has 0 aromatic rings. The lowest BCUT2D eigenvalue weighted by molar-refractivity contribution is -0.156. The highest BCUT2D eigenvalue weighted by atomic mass is 16.6. The Labute approximate surface area is 196 Å². The van der Waals surface area contributed by atoms with Crippen LogP contribution in [0.2, 0.25) is 0 Å². The smallest absolute Gasteiger partial charge is 0.312 e. The molecule has 2 amide bonds. The minimum Gasteiger partial charge on any atom is -0.461 e. The molecule has 33 heavy (non-hydrogen) atoms. The number of fused-ring (bicyclic) bond motifs is 1. The molecule has 3 fully saturated rings. The molecule has 0 aliphatic carbocycles. The fourth-order valence-electron chi connectivity index (χ4n) is 5.82. The van der Waals surface area contributed by atoms with Crippen LogP contribution in [-0.2, 0) is 23.9 Å². The van der Waals surface area contributed by atoms with E-state index in [1.54, 1.807) is 11.0 Å². The third kappa shape index (κ3) is 4.23. The van der Waals surface area contributed by atoms with Crippen molar-refractivity contribution < 1.29 is 29.0 Å². The van der Waals surface area contributed by atoms with E-state index < -0.39 is 41.6 Å². The van der Waals surface area contributed by atoms with Gasteiger partial charge in [-0.15, -0.1) is 6.58 Å². The fourth-order valence-corrected chi connectivity index (χ4v) is 5.82. The van der Waals surface area contributed by atoms with Crippen molar-refractivity contribution in [3.63, 3.8) is 0 Å². The first-order valence-electron chi connectivity index (χ1n) is 12.1. The molecule has 3 rings (SSSR count). The van der Waals surface area contributed by atoms with Gasteiger partial charge in [0.1, 0.15) is 18.2 Å². The highest BCUT2D eigenvalue weighted by molar-refractivity contribution is 5.98. The molecule has 3 saturated heterocycles. The third-order valence-corrected chi connectivity index (χ3v) is 7.34. The number of rotatable bonds is 12. The molecule has 6 atom stereocenters. The van der Waals surface area contributed by atoms with E-state index >= 15 is 0 Å². The predicted molar refractivity (Wildman–Crippen MR) is 123 cm³/mol. The van der Waals surface area contributed by atoms with E-state index in [2.05, 4.69) is 20.1 Å². The van der Waals surface area contributed by atoms with Crippen LogP contribution in [0.4, 0.5) is 0 Å². The number of aliphatic hydroxyl groups excluding tert-OH is 1. The summed E-state index contributed by atoms with van der Waals surface area (Å²) in [7, 11) is 0. The number of likely N-dealkylation sites (tertiary alicyclic amines) is 1. The summed E-state index contributed by atoms with van der Waals surface area (Å²) in [5.41, 5.74) is -1.09. The van der Waals surface area contributed by atoms with Crippen molar-refractivity contribution in [1.82, 2.24) is 9.80 Å². The van der Waals surface area contributed by atoms with Crippen molar-refractivity contribution in [2.24, 2.45) is 17.8 Å². The van der Waals surface area contributed by atoms with E-state index in [1.165, 1.54) is 11.0 Å². The van der Waals surface area contributed by atoms with E-state index in [1.807, 2.05) is 13.8 Å². The second-order valence-corrected chi connectivity index (χ2v) is 9.64. The van der Waals surface area contributed by atoms with E-state index in [0.717, 1.165) is 12.8 Å². The van der Waals surface area contributed by atoms with Gasteiger partial charge in [-0.3, -0.25) is 14.4 Å². The van der Waals surface area contributed by atoms with E-state index in [0.29, 0.717) is 25.9 Å². The molecule has 0 aromatic carbocycles. The Bertz CT molecular complexity index is 783. The van der Waals surface area contributed by atoms with Crippen molar-refractivity contribution >= 4 is 17.8 Å². The van der Waals surface area contributed by atoms with Gasteiger partial charge in [0.15, 0.2) is 0 Å². The first-order valence-corrected chi connectivity index (χ1v) is 12.1. The second kappa shape index (κ2) is 10.4. The number of ether oxygens (including phenoxy) is 2. The average molecular weight is 463 g/mol. The summed E-state index contributed by atoms with van der Waals surface area (Å²) in [4.78, 5) is 44.1. The minimum absolute atomic E-state index is 0.0530. The minimum atomic E-state index is -1.09. The molecule has 0 saturated carbocycles. The van der Waals surface area contributed by atoms with E-state index in [-0.39, 0.29) is 30.9 Å². The van der Waals surface area contributed by atoms with Gasteiger partial charge in [-0.1, -0.05) is 45.9 Å². The van der Waals surface area contributed by atoms with Crippen LogP contribution in [0.5, 0.6) is 0 Å². The SMILES string of the molecule is C=CCOC(=O)[C@@H]1[C@@H]2CCC3(O2)C(C(=O)N(CC=C)CCCC)N([C@@H](CO)C(C)C)C(=O)[C@H]13. The topological polar surface area (TPSA) is 96.4 Å². The number of nitrogens with zero attached hydrogens (tertiary/aromatic N) is 2. The zero-order valence-corrected chi connectivity index (χ0v) is 20.1. The van der Waals surface area contributed by atoms with Gasteiger partial charge in [0.05, 0.1) is 30.6 Å². The van der Waals surface area contributed by atoms with Crippen LogP contribution >= 0.6 is 0 Å². The molecule has 3 aliphatic heterocycles. The number of aliphatic hydroxyl groups is 1. The summed E-state index contributed by atoms with van der Waals surface area (Å²) in [6.45, 7) is 13.9. The largest absolute Gasteiger partial charge is 0.461 e. The number of esters is 1. The highest BCUT2D eigenvalue weighted by Crippen LogP contribution is 2.59. The van der Waals surface area contributed by atoms with Gasteiger partial charge >= 0.3 is 5.97 Å². The van der Waals surface area contributed by atoms with Crippen molar-refractivity contribution in [2.75, 3.05) is 26.3 Å². The molecule has 8 heteroatoms. The standard InChI is InChI=1S/C25H38N2O6/c1-6-9-13-26(12-7-2)23(30)21-25-11-10-18(33-25)19(24(31)32-14-8-3)20(25)22(29)27(21)17(15-28)16(4)5/h7-8,16-21,28H,2-3,6,9-15H2,1,4-5H3/t17-,18-,19+,20-,21?,25?/m0/s1. The van der Waals surface area contributed by atoms with E-state index in [9.17, 15) is 19.5 Å². The zero-order chi connectivity index (χ0) is 24.3. The molecule has 3 heterocycles. The number of unbranched alkanes of at least 4 members (excludes halogenated alkanes) is 1. The first kappa shape index (κ1) is 25.4. The Morgan fingerprint density at radius 2 is 2.09 bits per heavy atom. The normalized spacial score (nSPS) is 30.9. The van der Waals surface area contributed by atoms with Crippen LogP contribution in [0.1, 0.15) is 46.5 Å². The Kier molecular flexibility index (Phi) is 8.00. The highest BCUT2D eigenvalue weighted by Gasteiger charge is 2.75. The molecule has 2 bridgehead atoms. The monoisotopic (exact) mass is 462 g/mol. The molecule has 1 spiro atoms. The van der Waals surface area contributed by atoms with Crippen molar-refractivity contribution in [3.05, 3.63) is 25.3 Å². The molecular weight excluding hydrogens is 424 g/mol. The first-order chi connectivity index (χ1) is 15.8. The zero-order valence-electron chi connectivity index (χ0n) is 20.1. The van der Waals surface area contributed by atoms with E-state index in [4.69, 9.17) is 9.47 Å². The summed E-state index contributed by atoms with van der Waals surface area (Å²) in [5, 5.41) is 10.2. The van der Waals surface area contributed by atoms with Crippen molar-refractivity contribution in [2.45, 2.75) is 70.2 Å². The number of hydrogen-bond acceptors (Lipinski definition) is 6. The molecule has 1 N–H and O–H groups in total. The lowest BCUT2D eigenvalue weighted by Crippen LogP contribution is -2.59. The van der Waals surface area contributed by atoms with Gasteiger partial charge in [-0.25, -0.2) is 0 Å². The number of amides is 2. The molecule has 0 radical (unpaired) electrons. The number of carbonyl (C=O) groups is 3. The summed E-state index contributed by atoms with van der Waals surface area (Å²) in [5.74, 6) is -2.66. The summed E-state index contributed by atoms with van der Waals surface area (Å²) >= 11 is 0. The molecular formula is C25H38N2O6.